The highest BCUT2D eigenvalue weighted by molar-refractivity contribution is 5.67. The summed E-state index contributed by atoms with van der Waals surface area (Å²) < 4.78 is 0. The third-order valence-electron chi connectivity index (χ3n) is 5.50. The number of aliphatic carboxylic acids is 1. The number of nitrogens with one attached hydrogen (secondary N) is 1. The zero-order chi connectivity index (χ0) is 18.6. The molecule has 0 amide bonds. The Kier molecular flexibility index (Phi) is 5.77. The van der Waals surface area contributed by atoms with E-state index >= 15 is 0 Å². The lowest BCUT2D eigenvalue weighted by Crippen LogP contribution is -2.42. The van der Waals surface area contributed by atoms with Gasteiger partial charge in [0.1, 0.15) is 0 Å². The van der Waals surface area contributed by atoms with Crippen LogP contribution in [0.25, 0.3) is 0 Å². The topological polar surface area (TPSA) is 69.2 Å². The Hall–Kier alpha value is -2.14. The summed E-state index contributed by atoms with van der Waals surface area (Å²) in [4.78, 5) is 13.9. The lowest BCUT2D eigenvalue weighted by atomic mass is 9.72. The molecule has 0 spiro atoms. The average Bonchev–Trinajstić information content (AvgIpc) is 3.06. The summed E-state index contributed by atoms with van der Waals surface area (Å²) in [5.74, 6) is -0.326. The van der Waals surface area contributed by atoms with E-state index in [0.717, 1.165) is 50.3 Å². The Bertz CT molecular complexity index is 716. The Balaban J connectivity index is 1.66. The molecule has 1 saturated heterocycles. The quantitative estimate of drug-likeness (QED) is 0.792. The van der Waals surface area contributed by atoms with E-state index in [2.05, 4.69) is 59.3 Å². The number of aromatic amines is 1. The molecule has 0 radical (unpaired) electrons. The predicted molar refractivity (Wildman–Crippen MR) is 102 cm³/mol. The van der Waals surface area contributed by atoms with Gasteiger partial charge in [-0.2, -0.15) is 5.10 Å². The highest BCUT2D eigenvalue weighted by atomic mass is 16.4. The Labute approximate surface area is 155 Å². The minimum atomic E-state index is -0.704. The molecule has 0 atom stereocenters. The number of nitrogens with zero attached hydrogens (tertiary/aromatic N) is 2. The number of hydrogen-bond donors (Lipinski definition) is 2. The van der Waals surface area contributed by atoms with E-state index in [0.29, 0.717) is 5.92 Å². The molecule has 2 N–H and O–H groups in total. The number of benzene rings is 1. The predicted octanol–water partition coefficient (Wildman–Crippen LogP) is 3.83. The van der Waals surface area contributed by atoms with Crippen LogP contribution in [0.3, 0.4) is 0 Å². The summed E-state index contributed by atoms with van der Waals surface area (Å²) in [7, 11) is 0. The second-order valence-corrected chi connectivity index (χ2v) is 7.98. The van der Waals surface area contributed by atoms with Crippen molar-refractivity contribution < 1.29 is 9.90 Å². The molecular weight excluding hydrogens is 326 g/mol. The fraction of sp³-hybridized carbons (Fsp3) is 0.524. The van der Waals surface area contributed by atoms with E-state index in [1.165, 1.54) is 5.56 Å². The summed E-state index contributed by atoms with van der Waals surface area (Å²) in [5, 5.41) is 17.0. The van der Waals surface area contributed by atoms with Gasteiger partial charge in [-0.3, -0.25) is 14.8 Å². The van der Waals surface area contributed by atoms with Crippen LogP contribution in [0.1, 0.15) is 56.0 Å². The maximum Gasteiger partial charge on any atom is 0.303 e. The first-order valence-electron chi connectivity index (χ1n) is 9.48. The van der Waals surface area contributed by atoms with Crippen LogP contribution in [-0.2, 0) is 17.8 Å². The van der Waals surface area contributed by atoms with Gasteiger partial charge >= 0.3 is 5.97 Å². The lowest BCUT2D eigenvalue weighted by Gasteiger charge is -2.41. The van der Waals surface area contributed by atoms with Crippen molar-refractivity contribution in [3.8, 4) is 0 Å². The first-order valence-corrected chi connectivity index (χ1v) is 9.48. The first kappa shape index (κ1) is 18.6. The standard InChI is InChI=1S/C21H29N3O2/c1-16(2)19-12-18(22-23-19)13-21(14-20(25)26)8-10-24(11-9-21)15-17-6-4-3-5-7-17/h3-7,12,16H,8-11,13-15H2,1-2H3,(H,22,23)(H,25,26). The van der Waals surface area contributed by atoms with E-state index in [4.69, 9.17) is 0 Å². The maximum absolute atomic E-state index is 11.5. The summed E-state index contributed by atoms with van der Waals surface area (Å²) >= 11 is 0. The van der Waals surface area contributed by atoms with Gasteiger partial charge < -0.3 is 5.11 Å². The number of piperidine rings is 1. The van der Waals surface area contributed by atoms with E-state index in [-0.39, 0.29) is 11.8 Å². The Morgan fingerprint density at radius 2 is 1.96 bits per heavy atom. The zero-order valence-corrected chi connectivity index (χ0v) is 15.7. The number of H-pyrrole nitrogens is 1. The fourth-order valence-electron chi connectivity index (χ4n) is 3.93. The normalized spacial score (nSPS) is 17.5. The van der Waals surface area contributed by atoms with Gasteiger partial charge in [-0.1, -0.05) is 44.2 Å². The molecule has 2 heterocycles. The van der Waals surface area contributed by atoms with Gasteiger partial charge in [0.2, 0.25) is 0 Å². The van der Waals surface area contributed by atoms with Crippen LogP contribution in [0.2, 0.25) is 0 Å². The molecule has 0 bridgehead atoms. The smallest absolute Gasteiger partial charge is 0.303 e. The number of carbonyl (C=O) groups is 1. The molecule has 1 fully saturated rings. The van der Waals surface area contributed by atoms with E-state index in [1.54, 1.807) is 0 Å². The minimum absolute atomic E-state index is 0.181. The number of carboxylic acids is 1. The molecule has 0 aliphatic carbocycles. The molecule has 2 aromatic rings. The molecule has 1 aliphatic rings. The van der Waals surface area contributed by atoms with Gasteiger partial charge in [-0.15, -0.1) is 0 Å². The third-order valence-corrected chi connectivity index (χ3v) is 5.50. The molecule has 1 aromatic carbocycles. The number of likely N-dealkylation sites (tertiary alicyclic amines) is 1. The SMILES string of the molecule is CC(C)c1cc(CC2(CC(=O)O)CCN(Cc3ccccc3)CC2)[nH]n1. The number of aromatic nitrogens is 2. The first-order chi connectivity index (χ1) is 12.5. The van der Waals surface area contributed by atoms with Gasteiger partial charge in [0, 0.05) is 12.2 Å². The van der Waals surface area contributed by atoms with Crippen LogP contribution in [0.5, 0.6) is 0 Å². The fourth-order valence-corrected chi connectivity index (χ4v) is 3.93. The summed E-state index contributed by atoms with van der Waals surface area (Å²) in [6.07, 6.45) is 2.80. The molecule has 5 heteroatoms. The van der Waals surface area contributed by atoms with E-state index in [1.807, 2.05) is 6.07 Å². The zero-order valence-electron chi connectivity index (χ0n) is 15.7. The second kappa shape index (κ2) is 8.04. The molecule has 140 valence electrons. The van der Waals surface area contributed by atoms with Crippen LogP contribution >= 0.6 is 0 Å². The lowest BCUT2D eigenvalue weighted by molar-refractivity contribution is -0.140. The summed E-state index contributed by atoms with van der Waals surface area (Å²) in [6.45, 7) is 7.05. The molecule has 1 aromatic heterocycles. The van der Waals surface area contributed by atoms with Crippen molar-refractivity contribution >= 4 is 5.97 Å². The molecule has 26 heavy (non-hydrogen) atoms. The van der Waals surface area contributed by atoms with Crippen molar-refractivity contribution in [2.75, 3.05) is 13.1 Å². The van der Waals surface area contributed by atoms with Crippen molar-refractivity contribution in [3.63, 3.8) is 0 Å². The van der Waals surface area contributed by atoms with Gasteiger partial charge in [0.05, 0.1) is 12.1 Å². The largest absolute Gasteiger partial charge is 0.481 e. The van der Waals surface area contributed by atoms with Crippen LogP contribution in [0.15, 0.2) is 36.4 Å². The summed E-state index contributed by atoms with van der Waals surface area (Å²) in [5.41, 5.74) is 3.24. The molecule has 3 rings (SSSR count). The highest BCUT2D eigenvalue weighted by Gasteiger charge is 2.37. The highest BCUT2D eigenvalue weighted by Crippen LogP contribution is 2.38. The van der Waals surface area contributed by atoms with Gasteiger partial charge in [0.15, 0.2) is 0 Å². The van der Waals surface area contributed by atoms with E-state index in [9.17, 15) is 9.90 Å². The van der Waals surface area contributed by atoms with Crippen molar-refractivity contribution in [2.45, 2.75) is 52.0 Å². The van der Waals surface area contributed by atoms with Gasteiger partial charge in [-0.05, 0) is 55.3 Å². The van der Waals surface area contributed by atoms with Gasteiger partial charge in [-0.25, -0.2) is 0 Å². The minimum Gasteiger partial charge on any atom is -0.481 e. The Morgan fingerprint density at radius 1 is 1.27 bits per heavy atom. The van der Waals surface area contributed by atoms with Crippen molar-refractivity contribution in [1.82, 2.24) is 15.1 Å². The maximum atomic E-state index is 11.5. The van der Waals surface area contributed by atoms with Gasteiger partial charge in [0.25, 0.3) is 0 Å². The van der Waals surface area contributed by atoms with Crippen molar-refractivity contribution in [1.29, 1.82) is 0 Å². The molecule has 0 saturated carbocycles. The number of hydrogen-bond acceptors (Lipinski definition) is 3. The van der Waals surface area contributed by atoms with Crippen LogP contribution in [0, 0.1) is 5.41 Å². The molecule has 5 nitrogen and oxygen atoms in total. The average molecular weight is 355 g/mol. The van der Waals surface area contributed by atoms with Crippen LogP contribution in [0.4, 0.5) is 0 Å². The second-order valence-electron chi connectivity index (χ2n) is 7.98. The van der Waals surface area contributed by atoms with Crippen LogP contribution in [-0.4, -0.2) is 39.3 Å². The van der Waals surface area contributed by atoms with Crippen molar-refractivity contribution in [3.05, 3.63) is 53.3 Å². The van der Waals surface area contributed by atoms with Crippen molar-refractivity contribution in [2.24, 2.45) is 5.41 Å². The molecular formula is C21H29N3O2. The Morgan fingerprint density at radius 3 is 2.54 bits per heavy atom. The van der Waals surface area contributed by atoms with Crippen LogP contribution < -0.4 is 0 Å². The number of carboxylic acid groups (broad SMARTS) is 1. The molecule has 0 unspecified atom stereocenters. The third kappa shape index (κ3) is 4.73. The monoisotopic (exact) mass is 355 g/mol. The number of rotatable bonds is 7. The molecule has 1 aliphatic heterocycles. The summed E-state index contributed by atoms with van der Waals surface area (Å²) in [6, 6.07) is 12.6. The van der Waals surface area contributed by atoms with E-state index < -0.39 is 5.97 Å².